The minimum absolute atomic E-state index is 0.175. The molecule has 1 aliphatic rings. The van der Waals surface area contributed by atoms with Crippen molar-refractivity contribution in [1.29, 1.82) is 0 Å². The molecule has 0 radical (unpaired) electrons. The lowest BCUT2D eigenvalue weighted by Gasteiger charge is -2.26. The Morgan fingerprint density at radius 2 is 1.64 bits per heavy atom. The summed E-state index contributed by atoms with van der Waals surface area (Å²) in [6.07, 6.45) is 2.10. The van der Waals surface area contributed by atoms with E-state index in [2.05, 4.69) is 44.2 Å². The van der Waals surface area contributed by atoms with Gasteiger partial charge >= 0.3 is 12.0 Å². The maximum atomic E-state index is 13.3. The van der Waals surface area contributed by atoms with Gasteiger partial charge in [0, 0.05) is 4.47 Å². The van der Waals surface area contributed by atoms with Gasteiger partial charge in [-0.25, -0.2) is 14.5 Å². The number of nitrogens with one attached hydrogen (secondary N) is 1. The highest BCUT2D eigenvalue weighted by molar-refractivity contribution is 9.10. The number of hydrogen-bond acceptors (Lipinski definition) is 5. The second-order valence-electron chi connectivity index (χ2n) is 8.51. The maximum Gasteiger partial charge on any atom is 0.337 e. The van der Waals surface area contributed by atoms with Crippen molar-refractivity contribution in [2.75, 3.05) is 12.0 Å². The van der Waals surface area contributed by atoms with E-state index >= 15 is 0 Å². The van der Waals surface area contributed by atoms with E-state index < -0.39 is 23.8 Å². The van der Waals surface area contributed by atoms with E-state index in [1.807, 2.05) is 32.0 Å². The van der Waals surface area contributed by atoms with E-state index in [0.29, 0.717) is 12.0 Å². The van der Waals surface area contributed by atoms with Crippen LogP contribution in [0.2, 0.25) is 0 Å². The van der Waals surface area contributed by atoms with Gasteiger partial charge in [-0.15, -0.1) is 0 Å². The SMILES string of the molecule is COC(=O)c1ccc(N2C(=O)NC(=O)/C(=C\c3cc(Br)ccc3Cc3cc(C)cc(C)c3)C2=O)cc1. The summed E-state index contributed by atoms with van der Waals surface area (Å²) < 4.78 is 5.47. The van der Waals surface area contributed by atoms with Crippen molar-refractivity contribution in [2.24, 2.45) is 0 Å². The van der Waals surface area contributed by atoms with Crippen molar-refractivity contribution in [1.82, 2.24) is 5.32 Å². The molecule has 0 atom stereocenters. The molecule has 1 N–H and O–H groups in total. The summed E-state index contributed by atoms with van der Waals surface area (Å²) in [5, 5.41) is 2.23. The van der Waals surface area contributed by atoms with Gasteiger partial charge in [0.05, 0.1) is 18.4 Å². The molecular weight excluding hydrogens is 524 g/mol. The van der Waals surface area contributed by atoms with Crippen LogP contribution in [-0.2, 0) is 20.7 Å². The van der Waals surface area contributed by atoms with Gasteiger partial charge in [0.2, 0.25) is 0 Å². The number of aryl methyl sites for hydroxylation is 2. The molecule has 4 rings (SSSR count). The molecule has 1 aliphatic heterocycles. The second-order valence-corrected chi connectivity index (χ2v) is 9.43. The number of amides is 4. The third kappa shape index (κ3) is 5.28. The summed E-state index contributed by atoms with van der Waals surface area (Å²) in [7, 11) is 1.26. The molecule has 1 heterocycles. The molecule has 182 valence electrons. The number of nitrogens with zero attached hydrogens (tertiary/aromatic N) is 1. The third-order valence-electron chi connectivity index (χ3n) is 5.73. The molecule has 0 aromatic heterocycles. The zero-order valence-corrected chi connectivity index (χ0v) is 21.5. The fourth-order valence-corrected chi connectivity index (χ4v) is 4.54. The largest absolute Gasteiger partial charge is 0.465 e. The van der Waals surface area contributed by atoms with Crippen LogP contribution < -0.4 is 10.2 Å². The predicted molar refractivity (Wildman–Crippen MR) is 140 cm³/mol. The normalized spacial score (nSPS) is 14.7. The van der Waals surface area contributed by atoms with Gasteiger partial charge in [-0.05, 0) is 79.4 Å². The highest BCUT2D eigenvalue weighted by Gasteiger charge is 2.37. The average Bonchev–Trinajstić information content (AvgIpc) is 2.82. The van der Waals surface area contributed by atoms with Crippen molar-refractivity contribution in [3.05, 3.63) is 104 Å². The first-order valence-electron chi connectivity index (χ1n) is 11.1. The van der Waals surface area contributed by atoms with Gasteiger partial charge in [0.25, 0.3) is 11.8 Å². The Labute approximate surface area is 216 Å². The average molecular weight is 547 g/mol. The second kappa shape index (κ2) is 10.3. The summed E-state index contributed by atoms with van der Waals surface area (Å²) >= 11 is 3.47. The third-order valence-corrected chi connectivity index (χ3v) is 6.23. The Balaban J connectivity index is 1.71. The number of carbonyl (C=O) groups is 4. The standard InChI is InChI=1S/C28H23BrN2O5/c1-16-10-17(2)12-18(11-16)13-20-4-7-22(29)14-21(20)15-24-25(32)30-28(35)31(26(24)33)23-8-5-19(6-9-23)27(34)36-3/h4-12,14-15H,13H2,1-3H3,(H,30,32,35)/b24-15+. The van der Waals surface area contributed by atoms with Gasteiger partial charge < -0.3 is 4.74 Å². The summed E-state index contributed by atoms with van der Waals surface area (Å²) in [6, 6.07) is 16.9. The number of imide groups is 2. The van der Waals surface area contributed by atoms with Gasteiger partial charge in [-0.2, -0.15) is 0 Å². The van der Waals surface area contributed by atoms with Crippen LogP contribution in [0.25, 0.3) is 6.08 Å². The number of hydrogen-bond donors (Lipinski definition) is 1. The van der Waals surface area contributed by atoms with Crippen LogP contribution in [0.5, 0.6) is 0 Å². The van der Waals surface area contributed by atoms with Gasteiger partial charge in [-0.3, -0.25) is 14.9 Å². The quantitative estimate of drug-likeness (QED) is 0.272. The molecular formula is C28H23BrN2O5. The molecule has 1 fully saturated rings. The van der Waals surface area contributed by atoms with Gasteiger partial charge in [0.15, 0.2) is 0 Å². The molecule has 3 aromatic carbocycles. The van der Waals surface area contributed by atoms with E-state index in [4.69, 9.17) is 0 Å². The van der Waals surface area contributed by atoms with Crippen molar-refractivity contribution in [3.8, 4) is 0 Å². The summed E-state index contributed by atoms with van der Waals surface area (Å²) in [5.74, 6) is -2.07. The van der Waals surface area contributed by atoms with E-state index in [0.717, 1.165) is 31.6 Å². The first kappa shape index (κ1) is 25.1. The lowest BCUT2D eigenvalue weighted by Crippen LogP contribution is -2.54. The summed E-state index contributed by atoms with van der Waals surface area (Å²) in [4.78, 5) is 51.2. The van der Waals surface area contributed by atoms with Gasteiger partial charge in [-0.1, -0.05) is 51.3 Å². The van der Waals surface area contributed by atoms with Crippen LogP contribution in [0, 0.1) is 13.8 Å². The summed E-state index contributed by atoms with van der Waals surface area (Å²) in [5.41, 5.74) is 5.31. The minimum atomic E-state index is -0.863. The number of barbiturate groups is 1. The minimum Gasteiger partial charge on any atom is -0.465 e. The molecule has 4 amide bonds. The van der Waals surface area contributed by atoms with E-state index in [1.165, 1.54) is 37.5 Å². The summed E-state index contributed by atoms with van der Waals surface area (Å²) in [6.45, 7) is 4.07. The number of rotatable bonds is 5. The van der Waals surface area contributed by atoms with E-state index in [9.17, 15) is 19.2 Å². The molecule has 0 aliphatic carbocycles. The molecule has 3 aromatic rings. The number of urea groups is 1. The molecule has 8 heteroatoms. The fourth-order valence-electron chi connectivity index (χ4n) is 4.16. The topological polar surface area (TPSA) is 92.8 Å². The number of ether oxygens (including phenoxy) is 1. The van der Waals surface area contributed by atoms with Crippen molar-refractivity contribution in [3.63, 3.8) is 0 Å². The Morgan fingerprint density at radius 3 is 2.28 bits per heavy atom. The molecule has 36 heavy (non-hydrogen) atoms. The monoisotopic (exact) mass is 546 g/mol. The van der Waals surface area contributed by atoms with Crippen LogP contribution in [0.3, 0.4) is 0 Å². The van der Waals surface area contributed by atoms with Crippen molar-refractivity contribution >= 4 is 51.5 Å². The molecule has 0 saturated carbocycles. The molecule has 1 saturated heterocycles. The van der Waals surface area contributed by atoms with Crippen LogP contribution in [0.4, 0.5) is 10.5 Å². The zero-order chi connectivity index (χ0) is 26.0. The number of methoxy groups -OCH3 is 1. The lowest BCUT2D eigenvalue weighted by atomic mass is 9.95. The number of benzene rings is 3. The number of anilines is 1. The number of halogens is 1. The fraction of sp³-hybridized carbons (Fsp3) is 0.143. The van der Waals surface area contributed by atoms with Crippen LogP contribution in [0.1, 0.15) is 38.2 Å². The Hall–Kier alpha value is -4.04. The maximum absolute atomic E-state index is 13.3. The molecule has 7 nitrogen and oxygen atoms in total. The van der Waals surface area contributed by atoms with E-state index in [-0.39, 0.29) is 16.8 Å². The highest BCUT2D eigenvalue weighted by atomic mass is 79.9. The molecule has 0 bridgehead atoms. The first-order chi connectivity index (χ1) is 17.2. The molecule has 0 spiro atoms. The first-order valence-corrected chi connectivity index (χ1v) is 11.9. The highest BCUT2D eigenvalue weighted by Crippen LogP contribution is 2.26. The molecule has 0 unspecified atom stereocenters. The van der Waals surface area contributed by atoms with Crippen LogP contribution in [0.15, 0.2) is 70.7 Å². The number of esters is 1. The van der Waals surface area contributed by atoms with Crippen molar-refractivity contribution in [2.45, 2.75) is 20.3 Å². The van der Waals surface area contributed by atoms with Crippen LogP contribution >= 0.6 is 15.9 Å². The predicted octanol–water partition coefficient (Wildman–Crippen LogP) is 5.11. The van der Waals surface area contributed by atoms with Gasteiger partial charge in [0.1, 0.15) is 5.57 Å². The lowest BCUT2D eigenvalue weighted by molar-refractivity contribution is -0.122. The Morgan fingerprint density at radius 1 is 0.972 bits per heavy atom. The Kier molecular flexibility index (Phi) is 7.17. The van der Waals surface area contributed by atoms with Crippen molar-refractivity contribution < 1.29 is 23.9 Å². The number of carbonyl (C=O) groups excluding carboxylic acids is 4. The zero-order valence-electron chi connectivity index (χ0n) is 19.9. The smallest absolute Gasteiger partial charge is 0.337 e. The van der Waals surface area contributed by atoms with E-state index in [1.54, 1.807) is 0 Å². The Bertz CT molecular complexity index is 1410. The van der Waals surface area contributed by atoms with Crippen LogP contribution in [-0.4, -0.2) is 30.9 Å².